The van der Waals surface area contributed by atoms with Crippen molar-refractivity contribution in [1.82, 2.24) is 9.97 Å². The quantitative estimate of drug-likeness (QED) is 0.731. The maximum atomic E-state index is 5.51. The van der Waals surface area contributed by atoms with Gasteiger partial charge in [0.15, 0.2) is 5.58 Å². The summed E-state index contributed by atoms with van der Waals surface area (Å²) in [6, 6.07) is 6.60. The first-order valence-electron chi connectivity index (χ1n) is 5.27. The number of aryl methyl sites for hydroxylation is 2. The van der Waals surface area contributed by atoms with Gasteiger partial charge in [0.25, 0.3) is 0 Å². The third-order valence-electron chi connectivity index (χ3n) is 2.38. The van der Waals surface area contributed by atoms with Gasteiger partial charge in [-0.25, -0.2) is 4.98 Å². The first-order chi connectivity index (χ1) is 8.20. The van der Waals surface area contributed by atoms with Crippen molar-refractivity contribution in [2.75, 3.05) is 5.32 Å². The first-order valence-corrected chi connectivity index (χ1v) is 5.27. The normalized spacial score (nSPS) is 10.9. The highest BCUT2D eigenvalue weighted by Crippen LogP contribution is 2.22. The fraction of sp³-hybridized carbons (Fsp3) is 0.167. The molecular formula is C12H11N3O2. The molecule has 0 aliphatic carbocycles. The highest BCUT2D eigenvalue weighted by Gasteiger charge is 2.08. The average molecular weight is 229 g/mol. The van der Waals surface area contributed by atoms with Crippen molar-refractivity contribution < 1.29 is 8.83 Å². The molecule has 0 atom stereocenters. The van der Waals surface area contributed by atoms with Crippen LogP contribution in [0.5, 0.6) is 0 Å². The molecule has 3 aromatic rings. The van der Waals surface area contributed by atoms with Gasteiger partial charge in [0, 0.05) is 0 Å². The molecule has 0 unspecified atom stereocenters. The minimum Gasteiger partial charge on any atom is -0.429 e. The van der Waals surface area contributed by atoms with Gasteiger partial charge in [-0.1, -0.05) is 6.07 Å². The van der Waals surface area contributed by atoms with Gasteiger partial charge in [-0.2, -0.15) is 4.98 Å². The number of aromatic nitrogens is 2. The third-order valence-corrected chi connectivity index (χ3v) is 2.38. The summed E-state index contributed by atoms with van der Waals surface area (Å²) in [4.78, 5) is 8.32. The van der Waals surface area contributed by atoms with Crippen LogP contribution in [0.4, 0.5) is 12.0 Å². The Morgan fingerprint density at radius 3 is 2.76 bits per heavy atom. The average Bonchev–Trinajstić information content (AvgIpc) is 2.84. The number of hydrogen-bond donors (Lipinski definition) is 1. The van der Waals surface area contributed by atoms with E-state index in [-0.39, 0.29) is 0 Å². The summed E-state index contributed by atoms with van der Waals surface area (Å²) in [5.41, 5.74) is 2.70. The van der Waals surface area contributed by atoms with E-state index < -0.39 is 0 Å². The molecule has 17 heavy (non-hydrogen) atoms. The number of oxazole rings is 2. The molecule has 0 aliphatic rings. The predicted octanol–water partition coefficient (Wildman–Crippen LogP) is 3.18. The van der Waals surface area contributed by atoms with Crippen LogP contribution in [0.2, 0.25) is 0 Å². The van der Waals surface area contributed by atoms with Crippen molar-refractivity contribution >= 4 is 23.1 Å². The van der Waals surface area contributed by atoms with Crippen molar-refractivity contribution in [2.45, 2.75) is 13.8 Å². The second-order valence-corrected chi connectivity index (χ2v) is 3.89. The van der Waals surface area contributed by atoms with E-state index in [1.54, 1.807) is 6.20 Å². The molecule has 5 heteroatoms. The summed E-state index contributed by atoms with van der Waals surface area (Å²) >= 11 is 0. The van der Waals surface area contributed by atoms with Crippen molar-refractivity contribution in [3.05, 3.63) is 35.7 Å². The van der Waals surface area contributed by atoms with Crippen LogP contribution in [0.15, 0.2) is 33.2 Å². The molecule has 0 fully saturated rings. The van der Waals surface area contributed by atoms with Gasteiger partial charge in [0.2, 0.25) is 0 Å². The molecule has 3 rings (SSSR count). The number of fused-ring (bicyclic) bond motifs is 1. The Hall–Kier alpha value is -2.30. The van der Waals surface area contributed by atoms with Crippen LogP contribution >= 0.6 is 0 Å². The number of nitrogens with zero attached hydrogens (tertiary/aromatic N) is 2. The lowest BCUT2D eigenvalue weighted by atomic mass is 10.2. The lowest BCUT2D eigenvalue weighted by molar-refractivity contribution is 0.537. The number of hydrogen-bond acceptors (Lipinski definition) is 5. The minimum atomic E-state index is 0.380. The maximum Gasteiger partial charge on any atom is 0.303 e. The Morgan fingerprint density at radius 2 is 2.00 bits per heavy atom. The molecule has 0 aliphatic heterocycles. The van der Waals surface area contributed by atoms with E-state index in [0.29, 0.717) is 12.0 Å². The summed E-state index contributed by atoms with van der Waals surface area (Å²) in [5.74, 6) is 0.736. The van der Waals surface area contributed by atoms with E-state index >= 15 is 0 Å². The van der Waals surface area contributed by atoms with Gasteiger partial charge in [-0.3, -0.25) is 5.32 Å². The van der Waals surface area contributed by atoms with Crippen LogP contribution < -0.4 is 5.32 Å². The van der Waals surface area contributed by atoms with Gasteiger partial charge in [0.05, 0.1) is 6.20 Å². The van der Waals surface area contributed by atoms with Gasteiger partial charge in [0.1, 0.15) is 11.3 Å². The molecule has 1 aromatic carbocycles. The Morgan fingerprint density at radius 1 is 1.12 bits per heavy atom. The van der Waals surface area contributed by atoms with Crippen LogP contribution in [0.3, 0.4) is 0 Å². The van der Waals surface area contributed by atoms with E-state index in [9.17, 15) is 0 Å². The zero-order valence-electron chi connectivity index (χ0n) is 9.52. The van der Waals surface area contributed by atoms with Crippen molar-refractivity contribution in [1.29, 1.82) is 0 Å². The van der Waals surface area contributed by atoms with Crippen molar-refractivity contribution in [3.63, 3.8) is 0 Å². The Balaban J connectivity index is 1.95. The molecule has 0 amide bonds. The Bertz CT molecular complexity index is 669. The topological polar surface area (TPSA) is 64.1 Å². The molecule has 2 aromatic heterocycles. The van der Waals surface area contributed by atoms with Crippen LogP contribution in [-0.4, -0.2) is 9.97 Å². The number of anilines is 2. The Kier molecular flexibility index (Phi) is 2.11. The molecule has 86 valence electrons. The number of rotatable bonds is 2. The maximum absolute atomic E-state index is 5.51. The SMILES string of the molecule is Cc1ccc2oc(Nc3ncc(C)o3)nc2c1. The summed E-state index contributed by atoms with van der Waals surface area (Å²) in [6.07, 6.45) is 1.63. The standard InChI is InChI=1S/C12H11N3O2/c1-7-3-4-10-9(5-7)14-12(17-10)15-11-13-6-8(2)16-11/h3-6H,1-2H3,(H,13,14,15). The fourth-order valence-corrected chi connectivity index (χ4v) is 1.59. The second-order valence-electron chi connectivity index (χ2n) is 3.89. The zero-order valence-corrected chi connectivity index (χ0v) is 9.52. The molecule has 2 heterocycles. The van der Waals surface area contributed by atoms with E-state index in [4.69, 9.17) is 8.83 Å². The fourth-order valence-electron chi connectivity index (χ4n) is 1.59. The number of nitrogens with one attached hydrogen (secondary N) is 1. The lowest BCUT2D eigenvalue weighted by Crippen LogP contribution is -1.89. The largest absolute Gasteiger partial charge is 0.429 e. The molecular weight excluding hydrogens is 218 g/mol. The zero-order chi connectivity index (χ0) is 11.8. The molecule has 0 radical (unpaired) electrons. The highest BCUT2D eigenvalue weighted by atomic mass is 16.4. The van der Waals surface area contributed by atoms with E-state index in [1.807, 2.05) is 32.0 Å². The van der Waals surface area contributed by atoms with Gasteiger partial charge in [-0.15, -0.1) is 0 Å². The summed E-state index contributed by atoms with van der Waals surface area (Å²) in [6.45, 7) is 3.84. The van der Waals surface area contributed by atoms with Crippen molar-refractivity contribution in [3.8, 4) is 0 Å². The van der Waals surface area contributed by atoms with Gasteiger partial charge in [-0.05, 0) is 31.5 Å². The predicted molar refractivity (Wildman–Crippen MR) is 63.3 cm³/mol. The van der Waals surface area contributed by atoms with Gasteiger partial charge >= 0.3 is 12.0 Å². The lowest BCUT2D eigenvalue weighted by Gasteiger charge is -1.92. The molecule has 0 bridgehead atoms. The Labute approximate surface area is 97.5 Å². The van der Waals surface area contributed by atoms with E-state index in [1.165, 1.54) is 0 Å². The summed E-state index contributed by atoms with van der Waals surface area (Å²) in [7, 11) is 0. The first kappa shape index (κ1) is 9.89. The smallest absolute Gasteiger partial charge is 0.303 e. The van der Waals surface area contributed by atoms with Crippen LogP contribution in [-0.2, 0) is 0 Å². The van der Waals surface area contributed by atoms with Crippen molar-refractivity contribution in [2.24, 2.45) is 0 Å². The second kappa shape index (κ2) is 3.62. The molecule has 0 spiro atoms. The molecule has 0 saturated heterocycles. The summed E-state index contributed by atoms with van der Waals surface area (Å²) < 4.78 is 10.8. The molecule has 1 N–H and O–H groups in total. The number of benzene rings is 1. The van der Waals surface area contributed by atoms with Crippen LogP contribution in [0.1, 0.15) is 11.3 Å². The van der Waals surface area contributed by atoms with E-state index in [0.717, 1.165) is 22.4 Å². The molecule has 5 nitrogen and oxygen atoms in total. The highest BCUT2D eigenvalue weighted by molar-refractivity contribution is 5.75. The van der Waals surface area contributed by atoms with E-state index in [2.05, 4.69) is 15.3 Å². The third kappa shape index (κ3) is 1.87. The minimum absolute atomic E-state index is 0.380. The molecule has 0 saturated carbocycles. The van der Waals surface area contributed by atoms with Crippen LogP contribution in [0, 0.1) is 13.8 Å². The summed E-state index contributed by atoms with van der Waals surface area (Å²) in [5, 5.41) is 2.88. The monoisotopic (exact) mass is 229 g/mol. The van der Waals surface area contributed by atoms with Gasteiger partial charge < -0.3 is 8.83 Å². The van der Waals surface area contributed by atoms with Crippen LogP contribution in [0.25, 0.3) is 11.1 Å².